The van der Waals surface area contributed by atoms with E-state index in [1.807, 2.05) is 47.9 Å². The number of aromatic nitrogens is 2. The van der Waals surface area contributed by atoms with E-state index in [0.717, 1.165) is 22.0 Å². The minimum atomic E-state index is -1.10. The summed E-state index contributed by atoms with van der Waals surface area (Å²) in [7, 11) is 0. The number of aliphatic hydroxyl groups is 1. The zero-order chi connectivity index (χ0) is 18.5. The van der Waals surface area contributed by atoms with Crippen LogP contribution in [-0.4, -0.2) is 27.1 Å². The predicted octanol–water partition coefficient (Wildman–Crippen LogP) is 3.06. The van der Waals surface area contributed by atoms with Gasteiger partial charge in [-0.3, -0.25) is 4.79 Å². The molecular formula is C21H23N3O2. The van der Waals surface area contributed by atoms with Crippen LogP contribution in [0.1, 0.15) is 42.4 Å². The van der Waals surface area contributed by atoms with Gasteiger partial charge in [0.25, 0.3) is 5.91 Å². The second kappa shape index (κ2) is 5.68. The van der Waals surface area contributed by atoms with Gasteiger partial charge < -0.3 is 15.0 Å². The van der Waals surface area contributed by atoms with Crippen LogP contribution in [0.4, 0.5) is 0 Å². The first kappa shape index (κ1) is 16.8. The van der Waals surface area contributed by atoms with Gasteiger partial charge >= 0.3 is 0 Å². The second-order valence-electron chi connectivity index (χ2n) is 7.64. The number of hydrogen-bond donors (Lipinski definition) is 2. The average Bonchev–Trinajstić information content (AvgIpc) is 3.14. The first-order valence-electron chi connectivity index (χ1n) is 8.92. The van der Waals surface area contributed by atoms with Crippen LogP contribution in [0.25, 0.3) is 10.8 Å². The van der Waals surface area contributed by atoms with E-state index in [-0.39, 0.29) is 11.3 Å². The van der Waals surface area contributed by atoms with Gasteiger partial charge in [0, 0.05) is 24.1 Å². The van der Waals surface area contributed by atoms with E-state index < -0.39 is 5.60 Å². The molecule has 1 aliphatic heterocycles. The molecule has 0 fully saturated rings. The maximum Gasteiger partial charge on any atom is 0.251 e. The Morgan fingerprint density at radius 3 is 2.73 bits per heavy atom. The Bertz CT molecular complexity index is 1010. The van der Waals surface area contributed by atoms with E-state index in [4.69, 9.17) is 0 Å². The first-order chi connectivity index (χ1) is 12.4. The standard InChI is InChI=1S/C21H23N3O2/c1-4-23-19(25)16-6-5-15-10-17(8-7-14(15)9-16)21(26)18-11-22-13-24(18)12-20(21,2)3/h5-11,13,26H,4,12H2,1-3H3,(H,23,25). The quantitative estimate of drug-likeness (QED) is 0.764. The summed E-state index contributed by atoms with van der Waals surface area (Å²) >= 11 is 0. The lowest BCUT2D eigenvalue weighted by Gasteiger charge is -2.36. The van der Waals surface area contributed by atoms with Crippen molar-refractivity contribution < 1.29 is 9.90 Å². The fourth-order valence-electron chi connectivity index (χ4n) is 4.05. The molecule has 5 heteroatoms. The van der Waals surface area contributed by atoms with Gasteiger partial charge in [-0.25, -0.2) is 4.98 Å². The number of rotatable bonds is 3. The van der Waals surface area contributed by atoms with Crippen LogP contribution in [0.2, 0.25) is 0 Å². The highest BCUT2D eigenvalue weighted by atomic mass is 16.3. The fraction of sp³-hybridized carbons (Fsp3) is 0.333. The van der Waals surface area contributed by atoms with E-state index in [1.165, 1.54) is 0 Å². The molecule has 0 aliphatic carbocycles. The number of carbonyl (C=O) groups is 1. The van der Waals surface area contributed by atoms with E-state index in [1.54, 1.807) is 12.5 Å². The molecule has 1 aliphatic rings. The van der Waals surface area contributed by atoms with Gasteiger partial charge in [0.2, 0.25) is 0 Å². The molecule has 1 atom stereocenters. The molecule has 5 nitrogen and oxygen atoms in total. The Morgan fingerprint density at radius 2 is 1.96 bits per heavy atom. The number of amides is 1. The number of imidazole rings is 1. The molecule has 0 radical (unpaired) electrons. The molecule has 1 aromatic heterocycles. The van der Waals surface area contributed by atoms with Crippen molar-refractivity contribution in [3.63, 3.8) is 0 Å². The minimum Gasteiger partial charge on any atom is -0.378 e. The van der Waals surface area contributed by atoms with Crippen molar-refractivity contribution in [3.8, 4) is 0 Å². The van der Waals surface area contributed by atoms with Crippen molar-refractivity contribution in [1.82, 2.24) is 14.9 Å². The van der Waals surface area contributed by atoms with Crippen molar-refractivity contribution in [2.75, 3.05) is 6.54 Å². The van der Waals surface area contributed by atoms with Crippen LogP contribution in [0.15, 0.2) is 48.9 Å². The molecule has 2 N–H and O–H groups in total. The summed E-state index contributed by atoms with van der Waals surface area (Å²) in [6.45, 7) is 7.36. The van der Waals surface area contributed by atoms with E-state index >= 15 is 0 Å². The Kier molecular flexibility index (Phi) is 3.66. The van der Waals surface area contributed by atoms with Gasteiger partial charge in [-0.1, -0.05) is 32.0 Å². The maximum atomic E-state index is 12.0. The molecule has 1 unspecified atom stereocenters. The number of nitrogens with zero attached hydrogens (tertiary/aromatic N) is 2. The summed E-state index contributed by atoms with van der Waals surface area (Å²) in [5.74, 6) is -0.0714. The van der Waals surface area contributed by atoms with E-state index in [0.29, 0.717) is 18.7 Å². The molecule has 3 aromatic rings. The first-order valence-corrected chi connectivity index (χ1v) is 8.92. The van der Waals surface area contributed by atoms with Gasteiger partial charge in [0.1, 0.15) is 5.60 Å². The number of nitrogens with one attached hydrogen (secondary N) is 1. The monoisotopic (exact) mass is 349 g/mol. The predicted molar refractivity (Wildman–Crippen MR) is 101 cm³/mol. The summed E-state index contributed by atoms with van der Waals surface area (Å²) in [6, 6.07) is 11.6. The van der Waals surface area contributed by atoms with Crippen LogP contribution in [0, 0.1) is 5.41 Å². The smallest absolute Gasteiger partial charge is 0.251 e. The van der Waals surface area contributed by atoms with Crippen molar-refractivity contribution in [2.45, 2.75) is 32.9 Å². The maximum absolute atomic E-state index is 12.0. The Labute approximate surface area is 152 Å². The van der Waals surface area contributed by atoms with Gasteiger partial charge in [-0.2, -0.15) is 0 Å². The summed E-state index contributed by atoms with van der Waals surface area (Å²) in [4.78, 5) is 16.2. The van der Waals surface area contributed by atoms with Crippen LogP contribution < -0.4 is 5.32 Å². The van der Waals surface area contributed by atoms with Crippen molar-refractivity contribution in [2.24, 2.45) is 5.41 Å². The highest BCUT2D eigenvalue weighted by Gasteiger charge is 2.53. The zero-order valence-corrected chi connectivity index (χ0v) is 15.3. The molecule has 0 bridgehead atoms. The Morgan fingerprint density at radius 1 is 1.23 bits per heavy atom. The summed E-state index contributed by atoms with van der Waals surface area (Å²) in [5.41, 5.74) is 0.862. The normalized spacial score (nSPS) is 20.9. The Balaban J connectivity index is 1.81. The number of benzene rings is 2. The lowest BCUT2D eigenvalue weighted by Crippen LogP contribution is -2.39. The third-order valence-electron chi connectivity index (χ3n) is 5.49. The summed E-state index contributed by atoms with van der Waals surface area (Å²) < 4.78 is 2.02. The molecule has 2 aromatic carbocycles. The zero-order valence-electron chi connectivity index (χ0n) is 15.3. The third kappa shape index (κ3) is 2.27. The average molecular weight is 349 g/mol. The largest absolute Gasteiger partial charge is 0.378 e. The molecule has 26 heavy (non-hydrogen) atoms. The van der Waals surface area contributed by atoms with Crippen LogP contribution in [-0.2, 0) is 12.1 Å². The second-order valence-corrected chi connectivity index (χ2v) is 7.64. The Hall–Kier alpha value is -2.66. The molecule has 4 rings (SSSR count). The third-order valence-corrected chi connectivity index (χ3v) is 5.49. The summed E-state index contributed by atoms with van der Waals surface area (Å²) in [5, 5.41) is 16.5. The molecule has 0 spiro atoms. The van der Waals surface area contributed by atoms with Gasteiger partial charge in [0.05, 0.1) is 18.2 Å². The fourth-order valence-corrected chi connectivity index (χ4v) is 4.05. The van der Waals surface area contributed by atoms with Gasteiger partial charge in [-0.05, 0) is 41.5 Å². The molecular weight excluding hydrogens is 326 g/mol. The lowest BCUT2D eigenvalue weighted by molar-refractivity contribution is -0.0218. The van der Waals surface area contributed by atoms with Crippen molar-refractivity contribution >= 4 is 16.7 Å². The van der Waals surface area contributed by atoms with E-state index in [9.17, 15) is 9.90 Å². The number of carbonyl (C=O) groups excluding carboxylic acids is 1. The van der Waals surface area contributed by atoms with Crippen molar-refractivity contribution in [1.29, 1.82) is 0 Å². The SMILES string of the molecule is CCNC(=O)c1ccc2cc(C3(O)c4cncn4CC3(C)C)ccc2c1. The molecule has 134 valence electrons. The van der Waals surface area contributed by atoms with Gasteiger partial charge in [0.15, 0.2) is 0 Å². The highest BCUT2D eigenvalue weighted by Crippen LogP contribution is 2.51. The molecule has 0 saturated heterocycles. The van der Waals surface area contributed by atoms with Gasteiger partial charge in [-0.15, -0.1) is 0 Å². The molecule has 1 amide bonds. The highest BCUT2D eigenvalue weighted by molar-refractivity contribution is 5.98. The van der Waals surface area contributed by atoms with Crippen molar-refractivity contribution in [3.05, 3.63) is 65.7 Å². The topological polar surface area (TPSA) is 67.2 Å². The van der Waals surface area contributed by atoms with E-state index in [2.05, 4.69) is 24.1 Å². The minimum absolute atomic E-state index is 0.0714. The number of hydrogen-bond acceptors (Lipinski definition) is 3. The molecule has 2 heterocycles. The number of fused-ring (bicyclic) bond motifs is 2. The lowest BCUT2D eigenvalue weighted by atomic mass is 9.71. The van der Waals surface area contributed by atoms with Crippen LogP contribution in [0.5, 0.6) is 0 Å². The van der Waals surface area contributed by atoms with Crippen LogP contribution >= 0.6 is 0 Å². The summed E-state index contributed by atoms with van der Waals surface area (Å²) in [6.07, 6.45) is 3.52. The van der Waals surface area contributed by atoms with Crippen LogP contribution in [0.3, 0.4) is 0 Å². The molecule has 0 saturated carbocycles.